The molecule has 24 heavy (non-hydrogen) atoms. The predicted molar refractivity (Wildman–Crippen MR) is 102 cm³/mol. The molecule has 0 unspecified atom stereocenters. The zero-order valence-corrected chi connectivity index (χ0v) is 16.0. The van der Waals surface area contributed by atoms with Crippen LogP contribution >= 0.6 is 0 Å². The summed E-state index contributed by atoms with van der Waals surface area (Å²) in [4.78, 5) is 13.8. The Bertz CT molecular complexity index is 511. The number of hydrogen-bond acceptors (Lipinski definition) is 3. The second-order valence-electron chi connectivity index (χ2n) is 7.15. The van der Waals surface area contributed by atoms with Gasteiger partial charge in [-0.3, -0.25) is 4.90 Å². The molecule has 0 atom stereocenters. The van der Waals surface area contributed by atoms with Gasteiger partial charge in [0, 0.05) is 47.8 Å². The van der Waals surface area contributed by atoms with E-state index >= 15 is 0 Å². The summed E-state index contributed by atoms with van der Waals surface area (Å²) in [7, 11) is 10.3. The molecule has 0 amide bonds. The van der Waals surface area contributed by atoms with E-state index in [1.54, 1.807) is 0 Å². The molecule has 0 saturated carbocycles. The van der Waals surface area contributed by atoms with Crippen LogP contribution in [0.5, 0.6) is 0 Å². The smallest absolute Gasteiger partial charge is 0.195 e. The highest BCUT2D eigenvalue weighted by Crippen LogP contribution is 2.11. The lowest BCUT2D eigenvalue weighted by Crippen LogP contribution is -2.35. The van der Waals surface area contributed by atoms with Crippen LogP contribution in [0.1, 0.15) is 17.5 Å². The molecule has 5 heteroatoms. The molecule has 0 spiro atoms. The quantitative estimate of drug-likeness (QED) is 0.621. The first-order valence-corrected chi connectivity index (χ1v) is 8.83. The third kappa shape index (κ3) is 5.80. The minimum Gasteiger partial charge on any atom is -0.349 e. The molecule has 0 aliphatic carbocycles. The number of benzene rings is 1. The van der Waals surface area contributed by atoms with E-state index in [0.717, 1.165) is 25.6 Å². The molecule has 134 valence electrons. The van der Waals surface area contributed by atoms with Crippen molar-refractivity contribution in [3.8, 4) is 0 Å². The zero-order chi connectivity index (χ0) is 17.5. The van der Waals surface area contributed by atoms with Crippen LogP contribution in [0.25, 0.3) is 0 Å². The average Bonchev–Trinajstić information content (AvgIpc) is 2.73. The van der Waals surface area contributed by atoms with E-state index in [9.17, 15) is 0 Å². The Kier molecular flexibility index (Phi) is 7.06. The molecule has 0 radical (unpaired) electrons. The second kappa shape index (κ2) is 9.04. The maximum Gasteiger partial charge on any atom is 0.195 e. The maximum atomic E-state index is 4.71. The van der Waals surface area contributed by atoms with E-state index < -0.39 is 0 Å². The van der Waals surface area contributed by atoms with Gasteiger partial charge in [0.1, 0.15) is 0 Å². The first-order valence-electron chi connectivity index (χ1n) is 8.83. The lowest BCUT2D eigenvalue weighted by atomic mass is 10.1. The maximum absolute atomic E-state index is 4.71. The monoisotopic (exact) mass is 331 g/mol. The van der Waals surface area contributed by atoms with E-state index in [1.165, 1.54) is 37.2 Å². The summed E-state index contributed by atoms with van der Waals surface area (Å²) >= 11 is 0. The van der Waals surface area contributed by atoms with Gasteiger partial charge in [-0.2, -0.15) is 0 Å². The molecule has 0 bridgehead atoms. The normalized spacial score (nSPS) is 16.5. The van der Waals surface area contributed by atoms with Gasteiger partial charge < -0.3 is 14.7 Å². The van der Waals surface area contributed by atoms with Crippen LogP contribution in [0.4, 0.5) is 0 Å². The molecule has 0 N–H and O–H groups in total. The van der Waals surface area contributed by atoms with Crippen molar-refractivity contribution in [2.24, 2.45) is 4.99 Å². The third-order valence-electron chi connectivity index (χ3n) is 4.44. The minimum absolute atomic E-state index is 0.723. The van der Waals surface area contributed by atoms with E-state index in [-0.39, 0.29) is 0 Å². The van der Waals surface area contributed by atoms with E-state index in [4.69, 9.17) is 4.99 Å². The predicted octanol–water partition coefficient (Wildman–Crippen LogP) is 1.80. The largest absolute Gasteiger partial charge is 0.349 e. The van der Waals surface area contributed by atoms with Gasteiger partial charge in [-0.25, -0.2) is 4.99 Å². The van der Waals surface area contributed by atoms with Gasteiger partial charge in [0.2, 0.25) is 0 Å². The van der Waals surface area contributed by atoms with Crippen molar-refractivity contribution in [2.45, 2.75) is 19.5 Å². The number of nitrogens with zero attached hydrogens (tertiary/aromatic N) is 5. The van der Waals surface area contributed by atoms with Gasteiger partial charge in [0.15, 0.2) is 5.96 Å². The number of likely N-dealkylation sites (N-methyl/N-ethyl adjacent to an activating group) is 1. The van der Waals surface area contributed by atoms with Gasteiger partial charge in [-0.15, -0.1) is 0 Å². The minimum atomic E-state index is 0.723. The first-order chi connectivity index (χ1) is 11.5. The van der Waals surface area contributed by atoms with Gasteiger partial charge >= 0.3 is 0 Å². The number of hydrogen-bond donors (Lipinski definition) is 0. The van der Waals surface area contributed by atoms with Gasteiger partial charge in [0.25, 0.3) is 0 Å². The van der Waals surface area contributed by atoms with Gasteiger partial charge in [-0.05, 0) is 37.7 Å². The molecule has 2 rings (SSSR count). The zero-order valence-electron chi connectivity index (χ0n) is 16.0. The van der Waals surface area contributed by atoms with Crippen LogP contribution < -0.4 is 0 Å². The summed E-state index contributed by atoms with van der Waals surface area (Å²) in [5, 5.41) is 0. The lowest BCUT2D eigenvalue weighted by molar-refractivity contribution is 0.269. The number of guanidine groups is 1. The third-order valence-corrected chi connectivity index (χ3v) is 4.44. The Balaban J connectivity index is 1.91. The molecule has 1 aromatic carbocycles. The molecule has 1 aromatic rings. The van der Waals surface area contributed by atoms with Crippen molar-refractivity contribution in [3.05, 3.63) is 35.4 Å². The van der Waals surface area contributed by atoms with Crippen molar-refractivity contribution < 1.29 is 0 Å². The highest BCUT2D eigenvalue weighted by molar-refractivity contribution is 5.79. The molecule has 1 fully saturated rings. The summed E-state index contributed by atoms with van der Waals surface area (Å²) in [6.07, 6.45) is 1.27. The van der Waals surface area contributed by atoms with Crippen LogP contribution in [0, 0.1) is 0 Å². The van der Waals surface area contributed by atoms with Gasteiger partial charge in [0.05, 0.1) is 6.54 Å². The number of rotatable bonds is 4. The van der Waals surface area contributed by atoms with Crippen LogP contribution in [0.3, 0.4) is 0 Å². The van der Waals surface area contributed by atoms with Crippen molar-refractivity contribution in [2.75, 3.05) is 61.4 Å². The fourth-order valence-electron chi connectivity index (χ4n) is 3.11. The SMILES string of the molecule is CN1CCCN(Cc2ccc(CN=C(N(C)C)N(C)C)cc2)CC1. The Morgan fingerprint density at radius 1 is 0.917 bits per heavy atom. The summed E-state index contributed by atoms with van der Waals surface area (Å²) in [6, 6.07) is 8.94. The molecule has 1 aliphatic heterocycles. The second-order valence-corrected chi connectivity index (χ2v) is 7.15. The van der Waals surface area contributed by atoms with E-state index in [0.29, 0.717) is 0 Å². The molecule has 1 heterocycles. The van der Waals surface area contributed by atoms with E-state index in [2.05, 4.69) is 41.1 Å². The molecule has 5 nitrogen and oxygen atoms in total. The Morgan fingerprint density at radius 2 is 1.54 bits per heavy atom. The first kappa shape index (κ1) is 18.7. The average molecular weight is 332 g/mol. The number of aliphatic imine (C=N–C) groups is 1. The summed E-state index contributed by atoms with van der Waals surface area (Å²) in [5.41, 5.74) is 2.66. The molecular formula is C19H33N5. The van der Waals surface area contributed by atoms with Crippen LogP contribution in [0.2, 0.25) is 0 Å². The fourth-order valence-corrected chi connectivity index (χ4v) is 3.11. The standard InChI is InChI=1S/C19H33N5/c1-21(2)19(22(3)4)20-15-17-7-9-18(10-8-17)16-24-12-6-11-23(5)13-14-24/h7-10H,6,11-16H2,1-5H3. The Labute approximate surface area is 147 Å². The molecule has 1 saturated heterocycles. The van der Waals surface area contributed by atoms with Crippen LogP contribution in [-0.4, -0.2) is 87.0 Å². The van der Waals surface area contributed by atoms with Crippen molar-refractivity contribution in [1.29, 1.82) is 0 Å². The molecule has 0 aromatic heterocycles. The summed E-state index contributed by atoms with van der Waals surface area (Å²) in [6.45, 7) is 6.53. The summed E-state index contributed by atoms with van der Waals surface area (Å²) in [5.74, 6) is 0.993. The van der Waals surface area contributed by atoms with Crippen LogP contribution in [-0.2, 0) is 13.1 Å². The van der Waals surface area contributed by atoms with Crippen LogP contribution in [0.15, 0.2) is 29.3 Å². The summed E-state index contributed by atoms with van der Waals surface area (Å²) < 4.78 is 0. The van der Waals surface area contributed by atoms with Gasteiger partial charge in [-0.1, -0.05) is 24.3 Å². The lowest BCUT2D eigenvalue weighted by Gasteiger charge is -2.22. The Morgan fingerprint density at radius 3 is 2.17 bits per heavy atom. The Hall–Kier alpha value is -1.59. The molecule has 1 aliphatic rings. The highest BCUT2D eigenvalue weighted by atomic mass is 15.3. The van der Waals surface area contributed by atoms with Crippen molar-refractivity contribution in [3.63, 3.8) is 0 Å². The highest BCUT2D eigenvalue weighted by Gasteiger charge is 2.12. The van der Waals surface area contributed by atoms with Crippen molar-refractivity contribution >= 4 is 5.96 Å². The topological polar surface area (TPSA) is 25.3 Å². The van der Waals surface area contributed by atoms with E-state index in [1.807, 2.05) is 38.0 Å². The van der Waals surface area contributed by atoms with Crippen molar-refractivity contribution in [1.82, 2.24) is 19.6 Å². The fraction of sp³-hybridized carbons (Fsp3) is 0.632. The molecular weight excluding hydrogens is 298 g/mol.